The molecular formula is C30H52IN5O4Si2. The van der Waals surface area contributed by atoms with E-state index in [2.05, 4.69) is 72.8 Å². The van der Waals surface area contributed by atoms with Crippen LogP contribution < -0.4 is 4.90 Å². The quantitative estimate of drug-likeness (QED) is 0.0975. The molecule has 9 nitrogen and oxygen atoms in total. The van der Waals surface area contributed by atoms with E-state index in [-0.39, 0.29) is 24.1 Å². The molecule has 0 saturated carbocycles. The van der Waals surface area contributed by atoms with Crippen molar-refractivity contribution in [3.63, 3.8) is 0 Å². The number of hydrogen-bond donors (Lipinski definition) is 0. The zero-order chi connectivity index (χ0) is 30.9. The zero-order valence-electron chi connectivity index (χ0n) is 27.2. The van der Waals surface area contributed by atoms with Crippen LogP contribution in [0.3, 0.4) is 0 Å². The standard InChI is InChI=1S/C30H52IN5O4Si2/c1-30(2,3)40-29(37)35-23-10-11-24(35)17-22(16-23)26-18-27(36-28(33-26)25(31)19-32-36)34(20-38-12-14-41(4,5)6)21-39-13-15-42(7,8)9/h18-19,22-24H,10-17,20-21H2,1-9H3. The van der Waals surface area contributed by atoms with Crippen molar-refractivity contribution in [1.29, 1.82) is 0 Å². The predicted molar refractivity (Wildman–Crippen MR) is 183 cm³/mol. The number of aromatic nitrogens is 3. The van der Waals surface area contributed by atoms with Crippen molar-refractivity contribution < 1.29 is 19.0 Å². The Kier molecular flexibility index (Phi) is 10.7. The molecule has 2 fully saturated rings. The highest BCUT2D eigenvalue weighted by molar-refractivity contribution is 14.1. The molecule has 236 valence electrons. The Labute approximate surface area is 268 Å². The van der Waals surface area contributed by atoms with Gasteiger partial charge in [0, 0.05) is 59.1 Å². The number of ether oxygens (including phenoxy) is 3. The minimum atomic E-state index is -1.20. The molecule has 0 spiro atoms. The maximum atomic E-state index is 13.1. The Bertz CT molecular complexity index is 1190. The Hall–Kier alpha value is -1.23. The lowest BCUT2D eigenvalue weighted by molar-refractivity contribution is 0.00569. The first-order valence-electron chi connectivity index (χ1n) is 15.5. The average Bonchev–Trinajstić information content (AvgIpc) is 3.36. The third kappa shape index (κ3) is 9.15. The second-order valence-electron chi connectivity index (χ2n) is 15.4. The van der Waals surface area contributed by atoms with Crippen LogP contribution in [-0.2, 0) is 14.2 Å². The van der Waals surface area contributed by atoms with E-state index in [1.807, 2.05) is 36.4 Å². The summed E-state index contributed by atoms with van der Waals surface area (Å²) in [6.07, 6.45) is 5.51. The molecule has 2 aromatic heterocycles. The van der Waals surface area contributed by atoms with Crippen molar-refractivity contribution in [1.82, 2.24) is 19.5 Å². The number of fused-ring (bicyclic) bond motifs is 3. The summed E-state index contributed by atoms with van der Waals surface area (Å²) in [5.41, 5.74) is 1.43. The number of carbonyl (C=O) groups is 1. The molecule has 2 bridgehead atoms. The summed E-state index contributed by atoms with van der Waals surface area (Å²) in [5.74, 6) is 1.21. The molecule has 0 aliphatic carbocycles. The first kappa shape index (κ1) is 33.7. The van der Waals surface area contributed by atoms with Crippen molar-refractivity contribution in [2.24, 2.45) is 0 Å². The molecule has 2 aliphatic rings. The van der Waals surface area contributed by atoms with Gasteiger partial charge in [0.05, 0.1) is 9.77 Å². The summed E-state index contributed by atoms with van der Waals surface area (Å²) in [7, 11) is -2.41. The lowest BCUT2D eigenvalue weighted by atomic mass is 9.88. The van der Waals surface area contributed by atoms with Gasteiger partial charge in [-0.3, -0.25) is 0 Å². The van der Waals surface area contributed by atoms with E-state index in [0.29, 0.717) is 13.5 Å². The first-order chi connectivity index (χ1) is 19.5. The first-order valence-corrected chi connectivity index (χ1v) is 24.0. The van der Waals surface area contributed by atoms with Crippen LogP contribution in [0.15, 0.2) is 12.3 Å². The molecule has 2 aromatic rings. The second kappa shape index (κ2) is 13.4. The Morgan fingerprint density at radius 3 is 2.05 bits per heavy atom. The molecule has 42 heavy (non-hydrogen) atoms. The van der Waals surface area contributed by atoms with E-state index in [1.54, 1.807) is 0 Å². The lowest BCUT2D eigenvalue weighted by Gasteiger charge is -2.39. The molecule has 0 aromatic carbocycles. The van der Waals surface area contributed by atoms with Crippen molar-refractivity contribution in [3.05, 3.63) is 21.5 Å². The highest BCUT2D eigenvalue weighted by atomic mass is 127. The van der Waals surface area contributed by atoms with Crippen LogP contribution in [0.2, 0.25) is 51.4 Å². The van der Waals surface area contributed by atoms with Gasteiger partial charge in [-0.1, -0.05) is 39.3 Å². The van der Waals surface area contributed by atoms with Gasteiger partial charge in [0.2, 0.25) is 0 Å². The van der Waals surface area contributed by atoms with E-state index >= 15 is 0 Å². The number of hydrogen-bond acceptors (Lipinski definition) is 7. The van der Waals surface area contributed by atoms with Crippen molar-refractivity contribution >= 4 is 56.3 Å². The minimum absolute atomic E-state index is 0.181. The summed E-state index contributed by atoms with van der Waals surface area (Å²) in [6.45, 7) is 22.4. The second-order valence-corrected chi connectivity index (χ2v) is 27.8. The fraction of sp³-hybridized carbons (Fsp3) is 0.767. The fourth-order valence-corrected chi connectivity index (χ4v) is 7.67. The van der Waals surface area contributed by atoms with Crippen molar-refractivity contribution in [3.8, 4) is 0 Å². The summed E-state index contributed by atoms with van der Waals surface area (Å²) in [5, 5.41) is 4.71. The summed E-state index contributed by atoms with van der Waals surface area (Å²) in [6, 6.07) is 4.78. The lowest BCUT2D eigenvalue weighted by Crippen LogP contribution is -2.48. The molecule has 2 aliphatic heterocycles. The van der Waals surface area contributed by atoms with Crippen molar-refractivity contribution in [2.45, 2.75) is 121 Å². The van der Waals surface area contributed by atoms with E-state index in [1.165, 1.54) is 0 Å². The van der Waals surface area contributed by atoms with E-state index in [0.717, 1.165) is 71.7 Å². The monoisotopic (exact) mass is 729 g/mol. The molecule has 2 atom stereocenters. The molecule has 12 heteroatoms. The summed E-state index contributed by atoms with van der Waals surface area (Å²) < 4.78 is 21.2. The minimum Gasteiger partial charge on any atom is -0.444 e. The molecular weight excluding hydrogens is 677 g/mol. The van der Waals surface area contributed by atoms with E-state index in [4.69, 9.17) is 24.3 Å². The van der Waals surface area contributed by atoms with E-state index < -0.39 is 21.7 Å². The van der Waals surface area contributed by atoms with Gasteiger partial charge in [-0.05, 0) is 81.1 Å². The Morgan fingerprint density at radius 1 is 1.00 bits per heavy atom. The summed E-state index contributed by atoms with van der Waals surface area (Å²) >= 11 is 2.33. The average molecular weight is 730 g/mol. The maximum Gasteiger partial charge on any atom is 0.410 e. The zero-order valence-corrected chi connectivity index (χ0v) is 31.4. The number of carbonyl (C=O) groups excluding carboxylic acids is 1. The number of nitrogens with zero attached hydrogens (tertiary/aromatic N) is 5. The third-order valence-corrected chi connectivity index (χ3v) is 12.2. The number of piperidine rings is 1. The van der Waals surface area contributed by atoms with Crippen molar-refractivity contribution in [2.75, 3.05) is 31.6 Å². The van der Waals surface area contributed by atoms with Gasteiger partial charge in [0.1, 0.15) is 24.9 Å². The van der Waals surface area contributed by atoms with Gasteiger partial charge in [-0.25, -0.2) is 9.78 Å². The summed E-state index contributed by atoms with van der Waals surface area (Å²) in [4.78, 5) is 22.4. The molecule has 4 rings (SSSR count). The maximum absolute atomic E-state index is 13.1. The van der Waals surface area contributed by atoms with Crippen LogP contribution in [0.25, 0.3) is 5.65 Å². The van der Waals surface area contributed by atoms with E-state index in [9.17, 15) is 4.79 Å². The smallest absolute Gasteiger partial charge is 0.410 e. The van der Waals surface area contributed by atoms with Crippen LogP contribution in [0.4, 0.5) is 10.6 Å². The van der Waals surface area contributed by atoms with Crippen LogP contribution in [-0.4, -0.2) is 86.1 Å². The van der Waals surface area contributed by atoms with Gasteiger partial charge in [-0.2, -0.15) is 9.61 Å². The highest BCUT2D eigenvalue weighted by Crippen LogP contribution is 2.44. The van der Waals surface area contributed by atoms with Crippen LogP contribution >= 0.6 is 22.6 Å². The largest absolute Gasteiger partial charge is 0.444 e. The topological polar surface area (TPSA) is 81.4 Å². The normalized spacial score (nSPS) is 21.3. The molecule has 0 N–H and O–H groups in total. The van der Waals surface area contributed by atoms with Crippen LogP contribution in [0.5, 0.6) is 0 Å². The van der Waals surface area contributed by atoms with Gasteiger partial charge >= 0.3 is 6.09 Å². The van der Waals surface area contributed by atoms with Gasteiger partial charge < -0.3 is 24.0 Å². The molecule has 4 heterocycles. The number of anilines is 1. The number of rotatable bonds is 12. The highest BCUT2D eigenvalue weighted by Gasteiger charge is 2.45. The van der Waals surface area contributed by atoms with Gasteiger partial charge in [-0.15, -0.1) is 0 Å². The SMILES string of the molecule is CC(C)(C)OC(=O)N1C2CCC1CC(c1cc(N(COCC[Si](C)(C)C)COCC[Si](C)(C)C)n3ncc(I)c3n1)C2. The van der Waals surface area contributed by atoms with Crippen LogP contribution in [0.1, 0.15) is 58.1 Å². The Balaban J connectivity index is 1.58. The van der Waals surface area contributed by atoms with Crippen LogP contribution in [0, 0.1) is 3.57 Å². The molecule has 2 saturated heterocycles. The third-order valence-electron chi connectivity index (χ3n) is 8.00. The molecule has 2 unspecified atom stereocenters. The Morgan fingerprint density at radius 2 is 1.55 bits per heavy atom. The predicted octanol–water partition coefficient (Wildman–Crippen LogP) is 7.41. The van der Waals surface area contributed by atoms with Gasteiger partial charge in [0.15, 0.2) is 5.65 Å². The number of halogens is 1. The number of amides is 1. The molecule has 1 amide bonds. The van der Waals surface area contributed by atoms with Gasteiger partial charge in [0.25, 0.3) is 0 Å². The molecule has 0 radical (unpaired) electrons. The fourth-order valence-electron chi connectivity index (χ4n) is 5.68.